The fourth-order valence-electron chi connectivity index (χ4n) is 1.87. The summed E-state index contributed by atoms with van der Waals surface area (Å²) in [5, 5.41) is 3.08. The highest BCUT2D eigenvalue weighted by Crippen LogP contribution is 2.35. The van der Waals surface area contributed by atoms with E-state index in [2.05, 4.69) is 20.9 Å². The van der Waals surface area contributed by atoms with E-state index in [0.29, 0.717) is 16.3 Å². The Balaban J connectivity index is 2.05. The first-order chi connectivity index (χ1) is 10.0. The van der Waals surface area contributed by atoms with Gasteiger partial charge in [-0.2, -0.15) is 0 Å². The average Bonchev–Trinajstić information content (AvgIpc) is 2.92. The van der Waals surface area contributed by atoms with Crippen LogP contribution >= 0.6 is 50.5 Å². The van der Waals surface area contributed by atoms with Crippen LogP contribution in [0.2, 0.25) is 10.0 Å². The highest BCUT2D eigenvalue weighted by atomic mass is 79.9. The quantitative estimate of drug-likeness (QED) is 0.435. The number of aromatic nitrogens is 1. The van der Waals surface area contributed by atoms with E-state index in [1.807, 2.05) is 29.6 Å². The number of halogens is 4. The molecule has 0 aliphatic heterocycles. The molecule has 0 aliphatic carbocycles. The van der Waals surface area contributed by atoms with Crippen LogP contribution in [0.4, 0.5) is 4.39 Å². The minimum Gasteiger partial charge on any atom is -0.236 e. The number of benzene rings is 2. The molecule has 0 fully saturated rings. The van der Waals surface area contributed by atoms with Crippen molar-refractivity contribution in [1.82, 2.24) is 4.98 Å². The van der Waals surface area contributed by atoms with Gasteiger partial charge in [-0.05, 0) is 24.3 Å². The standard InChI is InChI=1S/C15H7BrCl2FNS/c16-9-3-1-2-8(4-9)15-20-14(7-21-15)10-5-13(19)12(18)6-11(10)17/h1-7H. The molecule has 3 rings (SSSR count). The highest BCUT2D eigenvalue weighted by Gasteiger charge is 2.13. The molecule has 0 aliphatic rings. The lowest BCUT2D eigenvalue weighted by atomic mass is 10.1. The molecule has 0 amide bonds. The van der Waals surface area contributed by atoms with Crippen molar-refractivity contribution in [1.29, 1.82) is 0 Å². The third-order valence-corrected chi connectivity index (χ3v) is 4.85. The van der Waals surface area contributed by atoms with Crippen molar-refractivity contribution >= 4 is 50.5 Å². The summed E-state index contributed by atoms with van der Waals surface area (Å²) in [4.78, 5) is 4.53. The maximum atomic E-state index is 13.6. The van der Waals surface area contributed by atoms with E-state index in [1.54, 1.807) is 0 Å². The topological polar surface area (TPSA) is 12.9 Å². The number of hydrogen-bond donors (Lipinski definition) is 0. The fourth-order valence-corrected chi connectivity index (χ4v) is 3.57. The Morgan fingerprint density at radius 1 is 1.10 bits per heavy atom. The van der Waals surface area contributed by atoms with E-state index in [0.717, 1.165) is 15.0 Å². The van der Waals surface area contributed by atoms with E-state index in [-0.39, 0.29) is 5.02 Å². The maximum absolute atomic E-state index is 13.6. The number of nitrogens with zero attached hydrogens (tertiary/aromatic N) is 1. The maximum Gasteiger partial charge on any atom is 0.142 e. The van der Waals surface area contributed by atoms with Crippen molar-refractivity contribution in [2.45, 2.75) is 0 Å². The summed E-state index contributed by atoms with van der Waals surface area (Å²) < 4.78 is 14.6. The zero-order chi connectivity index (χ0) is 15.0. The van der Waals surface area contributed by atoms with Crippen molar-refractivity contribution in [3.63, 3.8) is 0 Å². The fraction of sp³-hybridized carbons (Fsp3) is 0. The first-order valence-electron chi connectivity index (χ1n) is 5.91. The van der Waals surface area contributed by atoms with Gasteiger partial charge in [-0.15, -0.1) is 11.3 Å². The summed E-state index contributed by atoms with van der Waals surface area (Å²) in [6.07, 6.45) is 0. The molecule has 0 spiro atoms. The lowest BCUT2D eigenvalue weighted by Crippen LogP contribution is -1.85. The van der Waals surface area contributed by atoms with Crippen LogP contribution < -0.4 is 0 Å². The van der Waals surface area contributed by atoms with E-state index >= 15 is 0 Å². The van der Waals surface area contributed by atoms with E-state index in [9.17, 15) is 4.39 Å². The zero-order valence-electron chi connectivity index (χ0n) is 10.4. The van der Waals surface area contributed by atoms with Crippen LogP contribution in [-0.2, 0) is 0 Å². The lowest BCUT2D eigenvalue weighted by Gasteiger charge is -2.03. The summed E-state index contributed by atoms with van der Waals surface area (Å²) in [7, 11) is 0. The summed E-state index contributed by atoms with van der Waals surface area (Å²) in [6, 6.07) is 10.5. The highest BCUT2D eigenvalue weighted by molar-refractivity contribution is 9.10. The summed E-state index contributed by atoms with van der Waals surface area (Å²) >= 11 is 16.7. The molecule has 106 valence electrons. The SMILES string of the molecule is Fc1cc(-c2csc(-c3cccc(Br)c3)n2)c(Cl)cc1Cl. The van der Waals surface area contributed by atoms with Crippen LogP contribution in [-0.4, -0.2) is 4.98 Å². The Labute approximate surface area is 143 Å². The molecule has 0 radical (unpaired) electrons. The van der Waals surface area contributed by atoms with Crippen molar-refractivity contribution < 1.29 is 4.39 Å². The summed E-state index contributed by atoms with van der Waals surface area (Å²) in [5.41, 5.74) is 2.16. The van der Waals surface area contributed by atoms with Gasteiger partial charge >= 0.3 is 0 Å². The molecule has 1 nitrogen and oxygen atoms in total. The second kappa shape index (κ2) is 6.05. The second-order valence-corrected chi connectivity index (χ2v) is 6.88. The van der Waals surface area contributed by atoms with Crippen molar-refractivity contribution in [2.24, 2.45) is 0 Å². The summed E-state index contributed by atoms with van der Waals surface area (Å²) in [5.74, 6) is -0.506. The molecule has 1 aromatic heterocycles. The Morgan fingerprint density at radius 2 is 1.90 bits per heavy atom. The Kier molecular flexibility index (Phi) is 4.31. The molecule has 0 N–H and O–H groups in total. The van der Waals surface area contributed by atoms with E-state index < -0.39 is 5.82 Å². The van der Waals surface area contributed by atoms with Crippen LogP contribution in [0.15, 0.2) is 46.3 Å². The van der Waals surface area contributed by atoms with Gasteiger partial charge in [-0.1, -0.05) is 51.3 Å². The van der Waals surface area contributed by atoms with Gasteiger partial charge in [0, 0.05) is 21.0 Å². The van der Waals surface area contributed by atoms with Crippen LogP contribution in [0, 0.1) is 5.82 Å². The number of hydrogen-bond acceptors (Lipinski definition) is 2. The molecule has 1 heterocycles. The van der Waals surface area contributed by atoms with Gasteiger partial charge in [0.1, 0.15) is 10.8 Å². The van der Waals surface area contributed by atoms with Gasteiger partial charge < -0.3 is 0 Å². The van der Waals surface area contributed by atoms with E-state index in [1.165, 1.54) is 23.5 Å². The molecule has 6 heteroatoms. The van der Waals surface area contributed by atoms with Crippen molar-refractivity contribution in [3.8, 4) is 21.8 Å². The van der Waals surface area contributed by atoms with Gasteiger partial charge in [0.2, 0.25) is 0 Å². The molecule has 2 aromatic carbocycles. The van der Waals surface area contributed by atoms with Crippen LogP contribution in [0.25, 0.3) is 21.8 Å². The smallest absolute Gasteiger partial charge is 0.142 e. The van der Waals surface area contributed by atoms with Gasteiger partial charge in [0.15, 0.2) is 0 Å². The number of thiazole rings is 1. The molecular formula is C15H7BrCl2FNS. The van der Waals surface area contributed by atoms with E-state index in [4.69, 9.17) is 23.2 Å². The first kappa shape index (κ1) is 15.0. The monoisotopic (exact) mass is 401 g/mol. The van der Waals surface area contributed by atoms with Gasteiger partial charge in [0.25, 0.3) is 0 Å². The first-order valence-corrected chi connectivity index (χ1v) is 8.34. The molecule has 3 aromatic rings. The normalized spacial score (nSPS) is 10.9. The molecular weight excluding hydrogens is 396 g/mol. The molecule has 0 saturated heterocycles. The lowest BCUT2D eigenvalue weighted by molar-refractivity contribution is 0.629. The third kappa shape index (κ3) is 3.14. The Hall–Kier alpha value is -0.940. The zero-order valence-corrected chi connectivity index (χ0v) is 14.3. The third-order valence-electron chi connectivity index (χ3n) is 2.86. The predicted octanol–water partition coefficient (Wildman–Crippen LogP) is 6.69. The second-order valence-electron chi connectivity index (χ2n) is 4.29. The van der Waals surface area contributed by atoms with Crippen LogP contribution in [0.5, 0.6) is 0 Å². The number of rotatable bonds is 2. The summed E-state index contributed by atoms with van der Waals surface area (Å²) in [6.45, 7) is 0. The minimum atomic E-state index is -0.506. The Bertz CT molecular complexity index is 819. The largest absolute Gasteiger partial charge is 0.236 e. The van der Waals surface area contributed by atoms with Gasteiger partial charge in [-0.3, -0.25) is 0 Å². The minimum absolute atomic E-state index is 0.00573. The molecule has 0 atom stereocenters. The molecule has 0 unspecified atom stereocenters. The van der Waals surface area contributed by atoms with Gasteiger partial charge in [0.05, 0.1) is 15.7 Å². The molecule has 0 bridgehead atoms. The van der Waals surface area contributed by atoms with Gasteiger partial charge in [-0.25, -0.2) is 9.37 Å². The predicted molar refractivity (Wildman–Crippen MR) is 90.7 cm³/mol. The van der Waals surface area contributed by atoms with Crippen LogP contribution in [0.1, 0.15) is 0 Å². The average molecular weight is 403 g/mol. The van der Waals surface area contributed by atoms with Crippen molar-refractivity contribution in [3.05, 3.63) is 62.1 Å². The van der Waals surface area contributed by atoms with Crippen molar-refractivity contribution in [2.75, 3.05) is 0 Å². The Morgan fingerprint density at radius 3 is 2.67 bits per heavy atom. The molecule has 21 heavy (non-hydrogen) atoms. The molecule has 0 saturated carbocycles. The van der Waals surface area contributed by atoms with Crippen LogP contribution in [0.3, 0.4) is 0 Å².